The zero-order valence-corrected chi connectivity index (χ0v) is 9.85. The van der Waals surface area contributed by atoms with Gasteiger partial charge < -0.3 is 9.83 Å². The molecular formula is C12H21NO. The number of aryl methyl sites for hydroxylation is 1. The van der Waals surface area contributed by atoms with Gasteiger partial charge in [-0.2, -0.15) is 0 Å². The standard InChI is InChI=1S/C8H9NO.2C2H6/c1-3-7-6(2)5-10-8(7)4-9;2*1-2/h3-5,9H,1H2,2H3;2*1-2H3. The lowest BCUT2D eigenvalue weighted by molar-refractivity contribution is 0.557. The van der Waals surface area contributed by atoms with E-state index in [2.05, 4.69) is 6.58 Å². The van der Waals surface area contributed by atoms with Gasteiger partial charge in [-0.3, -0.25) is 0 Å². The number of rotatable bonds is 2. The molecule has 0 saturated carbocycles. The van der Waals surface area contributed by atoms with E-state index in [1.165, 1.54) is 6.21 Å². The molecule has 80 valence electrons. The van der Waals surface area contributed by atoms with Gasteiger partial charge in [-0.25, -0.2) is 0 Å². The Bertz CT molecular complexity index is 261. The Kier molecular flexibility index (Phi) is 10.6. The highest BCUT2D eigenvalue weighted by atomic mass is 16.3. The van der Waals surface area contributed by atoms with Gasteiger partial charge in [-0.15, -0.1) is 0 Å². The topological polar surface area (TPSA) is 37.0 Å². The second kappa shape index (κ2) is 9.78. The maximum Gasteiger partial charge on any atom is 0.151 e. The summed E-state index contributed by atoms with van der Waals surface area (Å²) in [5.41, 5.74) is 1.93. The van der Waals surface area contributed by atoms with Crippen molar-refractivity contribution in [3.8, 4) is 0 Å². The van der Waals surface area contributed by atoms with Gasteiger partial charge in [0.15, 0.2) is 5.76 Å². The van der Waals surface area contributed by atoms with Crippen molar-refractivity contribution in [1.29, 1.82) is 5.41 Å². The van der Waals surface area contributed by atoms with Crippen LogP contribution in [0.1, 0.15) is 44.6 Å². The zero-order chi connectivity index (χ0) is 11.6. The summed E-state index contributed by atoms with van der Waals surface area (Å²) in [6.45, 7) is 13.5. The molecule has 14 heavy (non-hydrogen) atoms. The zero-order valence-electron chi connectivity index (χ0n) is 9.85. The summed E-state index contributed by atoms with van der Waals surface area (Å²) in [5, 5.41) is 6.93. The summed E-state index contributed by atoms with van der Waals surface area (Å²) in [7, 11) is 0. The van der Waals surface area contributed by atoms with Crippen LogP contribution in [0, 0.1) is 12.3 Å². The molecule has 1 N–H and O–H groups in total. The molecule has 0 aliphatic rings. The minimum atomic E-state index is 0.576. The van der Waals surface area contributed by atoms with E-state index in [9.17, 15) is 0 Å². The molecule has 2 nitrogen and oxygen atoms in total. The fourth-order valence-corrected chi connectivity index (χ4v) is 0.847. The van der Waals surface area contributed by atoms with Crippen molar-refractivity contribution < 1.29 is 4.42 Å². The van der Waals surface area contributed by atoms with Gasteiger partial charge in [-0.1, -0.05) is 40.3 Å². The van der Waals surface area contributed by atoms with Crippen LogP contribution in [0.15, 0.2) is 17.3 Å². The van der Waals surface area contributed by atoms with E-state index in [0.29, 0.717) is 5.76 Å². The van der Waals surface area contributed by atoms with E-state index >= 15 is 0 Å². The van der Waals surface area contributed by atoms with Crippen LogP contribution in [0.2, 0.25) is 0 Å². The van der Waals surface area contributed by atoms with Crippen LogP contribution in [0.3, 0.4) is 0 Å². The normalized spacial score (nSPS) is 7.50. The molecule has 0 atom stereocenters. The Hall–Kier alpha value is -1.31. The lowest BCUT2D eigenvalue weighted by Crippen LogP contribution is -1.78. The van der Waals surface area contributed by atoms with Crippen molar-refractivity contribution in [2.45, 2.75) is 34.6 Å². The Labute approximate surface area is 87.2 Å². The van der Waals surface area contributed by atoms with E-state index in [1.807, 2.05) is 34.6 Å². The second-order valence-corrected chi connectivity index (χ2v) is 2.05. The molecule has 0 aromatic carbocycles. The molecule has 0 spiro atoms. The average Bonchev–Trinajstić information content (AvgIpc) is 2.64. The van der Waals surface area contributed by atoms with Gasteiger partial charge in [-0.05, 0) is 12.5 Å². The molecule has 0 saturated heterocycles. The van der Waals surface area contributed by atoms with Crippen LogP contribution in [-0.2, 0) is 0 Å². The van der Waals surface area contributed by atoms with Crippen molar-refractivity contribution in [2.75, 3.05) is 0 Å². The minimum Gasteiger partial charge on any atom is -0.462 e. The largest absolute Gasteiger partial charge is 0.462 e. The highest BCUT2D eigenvalue weighted by molar-refractivity contribution is 5.80. The first kappa shape index (κ1) is 15.2. The van der Waals surface area contributed by atoms with Crippen LogP contribution in [-0.4, -0.2) is 6.21 Å². The lowest BCUT2D eigenvalue weighted by Gasteiger charge is -1.87. The first-order valence-corrected chi connectivity index (χ1v) is 5.00. The van der Waals surface area contributed by atoms with Crippen molar-refractivity contribution in [2.24, 2.45) is 0 Å². The fraction of sp³-hybridized carbons (Fsp3) is 0.417. The Morgan fingerprint density at radius 2 is 1.79 bits per heavy atom. The highest BCUT2D eigenvalue weighted by Gasteiger charge is 2.02. The van der Waals surface area contributed by atoms with Crippen molar-refractivity contribution >= 4 is 12.3 Å². The molecule has 0 bridgehead atoms. The van der Waals surface area contributed by atoms with Crippen LogP contribution < -0.4 is 0 Å². The van der Waals surface area contributed by atoms with Gasteiger partial charge >= 0.3 is 0 Å². The molecule has 0 amide bonds. The predicted octanol–water partition coefficient (Wildman–Crippen LogP) is 4.28. The SMILES string of the molecule is C=Cc1c(C)coc1C=N.CC.CC. The van der Waals surface area contributed by atoms with Gasteiger partial charge in [0.1, 0.15) is 0 Å². The third-order valence-corrected chi connectivity index (χ3v) is 1.39. The van der Waals surface area contributed by atoms with E-state index in [-0.39, 0.29) is 0 Å². The summed E-state index contributed by atoms with van der Waals surface area (Å²) < 4.78 is 5.02. The summed E-state index contributed by atoms with van der Waals surface area (Å²) in [6.07, 6.45) is 4.50. The van der Waals surface area contributed by atoms with Crippen LogP contribution in [0.25, 0.3) is 6.08 Å². The van der Waals surface area contributed by atoms with Gasteiger partial charge in [0, 0.05) is 5.56 Å². The molecule has 0 aliphatic carbocycles. The minimum absolute atomic E-state index is 0.576. The molecule has 1 heterocycles. The monoisotopic (exact) mass is 195 g/mol. The van der Waals surface area contributed by atoms with Crippen LogP contribution >= 0.6 is 0 Å². The average molecular weight is 195 g/mol. The summed E-state index contributed by atoms with van der Waals surface area (Å²) >= 11 is 0. The van der Waals surface area contributed by atoms with Crippen molar-refractivity contribution in [1.82, 2.24) is 0 Å². The predicted molar refractivity (Wildman–Crippen MR) is 64.1 cm³/mol. The Morgan fingerprint density at radius 1 is 1.29 bits per heavy atom. The third-order valence-electron chi connectivity index (χ3n) is 1.39. The van der Waals surface area contributed by atoms with E-state index in [0.717, 1.165) is 11.1 Å². The molecule has 1 rings (SSSR count). The van der Waals surface area contributed by atoms with Gasteiger partial charge in [0.25, 0.3) is 0 Å². The maximum absolute atomic E-state index is 6.93. The molecular weight excluding hydrogens is 174 g/mol. The van der Waals surface area contributed by atoms with Crippen LogP contribution in [0.4, 0.5) is 0 Å². The molecule has 0 aliphatic heterocycles. The second-order valence-electron chi connectivity index (χ2n) is 2.05. The summed E-state index contributed by atoms with van der Waals surface area (Å²) in [5.74, 6) is 0.576. The smallest absolute Gasteiger partial charge is 0.151 e. The molecule has 0 fully saturated rings. The number of hydrogen-bond donors (Lipinski definition) is 1. The molecule has 0 unspecified atom stereocenters. The third kappa shape index (κ3) is 4.08. The first-order valence-electron chi connectivity index (χ1n) is 5.00. The van der Waals surface area contributed by atoms with Crippen molar-refractivity contribution in [3.05, 3.63) is 29.7 Å². The van der Waals surface area contributed by atoms with Gasteiger partial charge in [0.2, 0.25) is 0 Å². The first-order chi connectivity index (χ1) is 6.79. The van der Waals surface area contributed by atoms with Crippen molar-refractivity contribution in [3.63, 3.8) is 0 Å². The molecule has 1 aromatic heterocycles. The molecule has 0 radical (unpaired) electrons. The Balaban J connectivity index is 0. The van der Waals surface area contributed by atoms with Gasteiger partial charge in [0.05, 0.1) is 12.5 Å². The Morgan fingerprint density at radius 3 is 2.07 bits per heavy atom. The quantitative estimate of drug-likeness (QED) is 0.702. The van der Waals surface area contributed by atoms with E-state index in [4.69, 9.17) is 9.83 Å². The highest BCUT2D eigenvalue weighted by Crippen LogP contribution is 2.15. The van der Waals surface area contributed by atoms with E-state index < -0.39 is 0 Å². The van der Waals surface area contributed by atoms with E-state index in [1.54, 1.807) is 12.3 Å². The van der Waals surface area contributed by atoms with Crippen LogP contribution in [0.5, 0.6) is 0 Å². The molecule has 2 heteroatoms. The number of hydrogen-bond acceptors (Lipinski definition) is 2. The number of nitrogens with one attached hydrogen (secondary N) is 1. The lowest BCUT2D eigenvalue weighted by atomic mass is 10.2. The fourth-order valence-electron chi connectivity index (χ4n) is 0.847. The molecule has 1 aromatic rings. The summed E-state index contributed by atoms with van der Waals surface area (Å²) in [4.78, 5) is 0. The summed E-state index contributed by atoms with van der Waals surface area (Å²) in [6, 6.07) is 0. The maximum atomic E-state index is 6.93. The number of furan rings is 1.